The van der Waals surface area contributed by atoms with Gasteiger partial charge in [0.2, 0.25) is 0 Å². The first kappa shape index (κ1) is 36.3. The van der Waals surface area contributed by atoms with E-state index in [2.05, 4.69) is 194 Å². The average Bonchev–Trinajstić information content (AvgIpc) is 3.52. The Labute approximate surface area is 356 Å². The SMILES string of the molecule is c1ccc(-c2ccc(-c3cc(-c4ccc(-c5ccc(-c6nc7ccccc7c7c6-c6ccccc6C(c6ccccc6)CC7)cc5)cc4)nc(-c4ccccc4)n3)cc2)cc1. The Morgan fingerprint density at radius 1 is 0.377 bits per heavy atom. The molecule has 11 rings (SSSR count). The van der Waals surface area contributed by atoms with Crippen LogP contribution in [-0.4, -0.2) is 15.0 Å². The van der Waals surface area contributed by atoms with Crippen LogP contribution in [0, 0.1) is 0 Å². The molecular formula is C58H41N3. The first-order valence-corrected chi connectivity index (χ1v) is 21.1. The third kappa shape index (κ3) is 7.00. The van der Waals surface area contributed by atoms with Gasteiger partial charge in [-0.2, -0.15) is 0 Å². The van der Waals surface area contributed by atoms with Crippen LogP contribution in [0.1, 0.15) is 29.0 Å². The number of hydrogen-bond acceptors (Lipinski definition) is 3. The number of benzene rings is 8. The molecule has 1 aliphatic rings. The zero-order chi connectivity index (χ0) is 40.5. The number of para-hydroxylation sites is 1. The van der Waals surface area contributed by atoms with Crippen molar-refractivity contribution < 1.29 is 0 Å². The van der Waals surface area contributed by atoms with Crippen molar-refractivity contribution in [2.45, 2.75) is 18.8 Å². The molecule has 1 unspecified atom stereocenters. The van der Waals surface area contributed by atoms with Crippen LogP contribution in [0.2, 0.25) is 0 Å². The van der Waals surface area contributed by atoms with Crippen molar-refractivity contribution in [1.82, 2.24) is 15.0 Å². The summed E-state index contributed by atoms with van der Waals surface area (Å²) in [6.07, 6.45) is 2.02. The zero-order valence-corrected chi connectivity index (χ0v) is 33.6. The van der Waals surface area contributed by atoms with Crippen molar-refractivity contribution in [3.05, 3.63) is 235 Å². The molecule has 0 N–H and O–H groups in total. The van der Waals surface area contributed by atoms with Crippen LogP contribution in [0.3, 0.4) is 0 Å². The molecule has 2 heterocycles. The molecule has 0 saturated heterocycles. The lowest BCUT2D eigenvalue weighted by atomic mass is 9.85. The van der Waals surface area contributed by atoms with E-state index in [1.54, 1.807) is 0 Å². The predicted octanol–water partition coefficient (Wildman–Crippen LogP) is 14.8. The standard InChI is InChI=1S/C58H41N3/c1-4-14-39(15-5-1)40-24-30-44(31-25-40)54-38-55(61-58(60-54)47-18-8-3-9-19-47)45-32-26-41(27-33-45)42-28-34-46(35-29-42)57-56-51-22-11-10-20-49(51)48(43-16-6-2-7-17-43)36-37-52(56)50-21-12-13-23-53(50)59-57/h1-35,38,48H,36-37H2. The summed E-state index contributed by atoms with van der Waals surface area (Å²) in [5, 5.41) is 1.24. The van der Waals surface area contributed by atoms with Crippen molar-refractivity contribution in [2.75, 3.05) is 0 Å². The Balaban J connectivity index is 0.940. The number of pyridine rings is 1. The van der Waals surface area contributed by atoms with Gasteiger partial charge in [0.25, 0.3) is 0 Å². The van der Waals surface area contributed by atoms with Gasteiger partial charge in [0.05, 0.1) is 22.6 Å². The smallest absolute Gasteiger partial charge is 0.160 e. The molecule has 3 nitrogen and oxygen atoms in total. The molecule has 0 fully saturated rings. The number of hydrogen-bond donors (Lipinski definition) is 0. The Bertz CT molecular complexity index is 3140. The molecule has 8 aromatic carbocycles. The fourth-order valence-electron chi connectivity index (χ4n) is 9.12. The topological polar surface area (TPSA) is 38.7 Å². The first-order chi connectivity index (χ1) is 30.2. The lowest BCUT2D eigenvalue weighted by Crippen LogP contribution is -2.01. The van der Waals surface area contributed by atoms with Gasteiger partial charge in [-0.25, -0.2) is 15.0 Å². The van der Waals surface area contributed by atoms with E-state index in [1.807, 2.05) is 24.3 Å². The van der Waals surface area contributed by atoms with Crippen molar-refractivity contribution in [3.63, 3.8) is 0 Å². The molecule has 1 aliphatic carbocycles. The average molecular weight is 780 g/mol. The van der Waals surface area contributed by atoms with Crippen molar-refractivity contribution in [2.24, 2.45) is 0 Å². The van der Waals surface area contributed by atoms with Crippen molar-refractivity contribution in [1.29, 1.82) is 0 Å². The Morgan fingerprint density at radius 3 is 1.48 bits per heavy atom. The largest absolute Gasteiger partial charge is 0.247 e. The minimum Gasteiger partial charge on any atom is -0.247 e. The van der Waals surface area contributed by atoms with E-state index < -0.39 is 0 Å². The summed E-state index contributed by atoms with van der Waals surface area (Å²) in [6, 6.07) is 77.8. The second-order valence-electron chi connectivity index (χ2n) is 15.8. The Kier molecular flexibility index (Phi) is 9.40. The minimum atomic E-state index is 0.312. The first-order valence-electron chi connectivity index (χ1n) is 21.1. The maximum Gasteiger partial charge on any atom is 0.160 e. The van der Waals surface area contributed by atoms with Gasteiger partial charge in [-0.3, -0.25) is 0 Å². The highest BCUT2D eigenvalue weighted by atomic mass is 14.9. The quantitative estimate of drug-likeness (QED) is 0.162. The number of fused-ring (bicyclic) bond motifs is 5. The van der Waals surface area contributed by atoms with Gasteiger partial charge in [0.1, 0.15) is 0 Å². The minimum absolute atomic E-state index is 0.312. The van der Waals surface area contributed by atoms with E-state index >= 15 is 0 Å². The van der Waals surface area contributed by atoms with Crippen LogP contribution in [-0.2, 0) is 6.42 Å². The number of nitrogens with zero attached hydrogens (tertiary/aromatic N) is 3. The second-order valence-corrected chi connectivity index (χ2v) is 15.8. The lowest BCUT2D eigenvalue weighted by Gasteiger charge is -2.19. The zero-order valence-electron chi connectivity index (χ0n) is 33.6. The number of aryl methyl sites for hydroxylation is 1. The lowest BCUT2D eigenvalue weighted by molar-refractivity contribution is 0.728. The van der Waals surface area contributed by atoms with Crippen LogP contribution < -0.4 is 0 Å². The van der Waals surface area contributed by atoms with E-state index in [0.717, 1.165) is 68.8 Å². The number of aromatic nitrogens is 3. The second kappa shape index (κ2) is 15.8. The van der Waals surface area contributed by atoms with Crippen molar-refractivity contribution in [3.8, 4) is 78.5 Å². The highest BCUT2D eigenvalue weighted by molar-refractivity contribution is 5.97. The summed E-state index contributed by atoms with van der Waals surface area (Å²) in [7, 11) is 0. The molecule has 1 atom stereocenters. The highest BCUT2D eigenvalue weighted by Gasteiger charge is 2.28. The van der Waals surface area contributed by atoms with E-state index in [-0.39, 0.29) is 0 Å². The summed E-state index contributed by atoms with van der Waals surface area (Å²) in [5.74, 6) is 1.02. The van der Waals surface area contributed by atoms with E-state index in [9.17, 15) is 0 Å². The van der Waals surface area contributed by atoms with Crippen LogP contribution >= 0.6 is 0 Å². The van der Waals surface area contributed by atoms with Crippen LogP contribution in [0.15, 0.2) is 218 Å². The van der Waals surface area contributed by atoms with E-state index in [4.69, 9.17) is 15.0 Å². The van der Waals surface area contributed by atoms with Crippen LogP contribution in [0.4, 0.5) is 0 Å². The third-order valence-electron chi connectivity index (χ3n) is 12.2. The summed E-state index contributed by atoms with van der Waals surface area (Å²) in [4.78, 5) is 15.6. The molecule has 0 bridgehead atoms. The molecule has 0 amide bonds. The van der Waals surface area contributed by atoms with Gasteiger partial charge in [-0.1, -0.05) is 206 Å². The summed E-state index contributed by atoms with van der Waals surface area (Å²) < 4.78 is 0. The van der Waals surface area contributed by atoms with Gasteiger partial charge in [-0.15, -0.1) is 0 Å². The molecule has 3 heteroatoms. The van der Waals surface area contributed by atoms with Gasteiger partial charge in [0.15, 0.2) is 5.82 Å². The molecule has 61 heavy (non-hydrogen) atoms. The molecule has 0 spiro atoms. The Hall–Kier alpha value is -7.75. The van der Waals surface area contributed by atoms with E-state index in [1.165, 1.54) is 44.3 Å². The van der Waals surface area contributed by atoms with Crippen LogP contribution in [0.5, 0.6) is 0 Å². The molecular weight excluding hydrogens is 739 g/mol. The third-order valence-corrected chi connectivity index (χ3v) is 12.2. The molecule has 0 saturated carbocycles. The highest BCUT2D eigenvalue weighted by Crippen LogP contribution is 2.47. The molecule has 288 valence electrons. The fraction of sp³-hybridized carbons (Fsp3) is 0.0517. The molecule has 0 aliphatic heterocycles. The van der Waals surface area contributed by atoms with Crippen LogP contribution in [0.25, 0.3) is 89.4 Å². The van der Waals surface area contributed by atoms with E-state index in [0.29, 0.717) is 11.7 Å². The maximum absolute atomic E-state index is 5.41. The summed E-state index contributed by atoms with van der Waals surface area (Å²) in [6.45, 7) is 0. The summed E-state index contributed by atoms with van der Waals surface area (Å²) in [5.41, 5.74) is 19.4. The normalized spacial score (nSPS) is 13.3. The monoisotopic (exact) mass is 779 g/mol. The summed E-state index contributed by atoms with van der Waals surface area (Å²) >= 11 is 0. The maximum atomic E-state index is 5.41. The molecule has 2 aromatic heterocycles. The van der Waals surface area contributed by atoms with Gasteiger partial charge in [0, 0.05) is 39.1 Å². The van der Waals surface area contributed by atoms with Gasteiger partial charge < -0.3 is 0 Å². The Morgan fingerprint density at radius 2 is 0.852 bits per heavy atom. The fourth-order valence-corrected chi connectivity index (χ4v) is 9.12. The molecule has 10 aromatic rings. The predicted molar refractivity (Wildman–Crippen MR) is 252 cm³/mol. The van der Waals surface area contributed by atoms with Crippen molar-refractivity contribution >= 4 is 10.9 Å². The molecule has 0 radical (unpaired) electrons. The van der Waals surface area contributed by atoms with Gasteiger partial charge >= 0.3 is 0 Å². The van der Waals surface area contributed by atoms with Gasteiger partial charge in [-0.05, 0) is 69.5 Å². The number of rotatable bonds is 7.